The van der Waals surface area contributed by atoms with Gasteiger partial charge in [0.2, 0.25) is 0 Å². The van der Waals surface area contributed by atoms with E-state index in [9.17, 15) is 9.59 Å². The summed E-state index contributed by atoms with van der Waals surface area (Å²) in [6.45, 7) is 4.33. The van der Waals surface area contributed by atoms with E-state index in [4.69, 9.17) is 10.2 Å². The fourth-order valence-electron chi connectivity index (χ4n) is 2.24. The monoisotopic (exact) mass is 432 g/mol. The fourth-order valence-corrected chi connectivity index (χ4v) is 2.24. The molecule has 0 bridgehead atoms. The Morgan fingerprint density at radius 3 is 1.22 bits per heavy atom. The second kappa shape index (κ2) is 27.3. The minimum Gasteiger partial charge on any atom is -0.481 e. The van der Waals surface area contributed by atoms with Gasteiger partial charge in [0.1, 0.15) is 0 Å². The largest absolute Gasteiger partial charge is 0.481 e. The number of rotatable bonds is 16. The molecule has 0 aromatic heterocycles. The Kier molecular flexibility index (Phi) is 31.1. The van der Waals surface area contributed by atoms with Crippen LogP contribution in [0, 0.1) is 0 Å². The number of carboxylic acids is 2. The molecule has 0 aliphatic rings. The maximum absolute atomic E-state index is 10.2. The van der Waals surface area contributed by atoms with E-state index in [-0.39, 0.29) is 19.5 Å². The van der Waals surface area contributed by atoms with E-state index in [0.29, 0.717) is 12.8 Å². The van der Waals surface area contributed by atoms with Gasteiger partial charge in [-0.15, -0.1) is 0 Å². The summed E-state index contributed by atoms with van der Waals surface area (Å²) < 4.78 is 0. The van der Waals surface area contributed by atoms with Gasteiger partial charge in [-0.1, -0.05) is 63.8 Å². The topological polar surface area (TPSA) is 74.6 Å². The molecule has 0 atom stereocenters. The summed E-state index contributed by atoms with van der Waals surface area (Å²) in [5.74, 6) is -1.36. The van der Waals surface area contributed by atoms with Crippen molar-refractivity contribution in [1.29, 1.82) is 0 Å². The Labute approximate surface area is 179 Å². The zero-order valence-corrected chi connectivity index (χ0v) is 20.6. The predicted molar refractivity (Wildman–Crippen MR) is 110 cm³/mol. The van der Waals surface area contributed by atoms with Crippen molar-refractivity contribution in [1.82, 2.24) is 0 Å². The first-order valence-electron chi connectivity index (χ1n) is 10.3. The van der Waals surface area contributed by atoms with Crippen molar-refractivity contribution in [3.05, 3.63) is 24.3 Å². The molecule has 0 spiro atoms. The number of unbranched alkanes of at least 4 members (excludes halogenated alkanes) is 8. The summed E-state index contributed by atoms with van der Waals surface area (Å²) in [7, 11) is 0. The van der Waals surface area contributed by atoms with Crippen molar-refractivity contribution in [3.8, 4) is 0 Å². The Morgan fingerprint density at radius 2 is 0.926 bits per heavy atom. The SMILES string of the molecule is CCCC=CCCCCCC(=O)O.CCCC=CCCCCCC(=O)O.[Zn]. The maximum Gasteiger partial charge on any atom is 0.303 e. The molecule has 0 aromatic carbocycles. The van der Waals surface area contributed by atoms with Crippen molar-refractivity contribution < 1.29 is 39.3 Å². The average molecular weight is 434 g/mol. The molecule has 4 nitrogen and oxygen atoms in total. The third-order valence-corrected chi connectivity index (χ3v) is 3.77. The van der Waals surface area contributed by atoms with E-state index in [2.05, 4.69) is 38.2 Å². The molecule has 0 radical (unpaired) electrons. The standard InChI is InChI=1S/2C11H20O2.Zn/c2*1-2-3-4-5-6-7-8-9-10-11(12)13;/h2*4-5H,2-3,6-10H2,1H3,(H,12,13);. The molecule has 0 aliphatic heterocycles. The Morgan fingerprint density at radius 1 is 0.593 bits per heavy atom. The van der Waals surface area contributed by atoms with Crippen LogP contribution in [0.5, 0.6) is 0 Å². The van der Waals surface area contributed by atoms with Crippen molar-refractivity contribution in [3.63, 3.8) is 0 Å². The zero-order valence-electron chi connectivity index (χ0n) is 17.6. The molecule has 2 N–H and O–H groups in total. The van der Waals surface area contributed by atoms with Crippen molar-refractivity contribution in [2.75, 3.05) is 0 Å². The van der Waals surface area contributed by atoms with Crippen molar-refractivity contribution in [2.45, 2.75) is 104 Å². The van der Waals surface area contributed by atoms with Crippen LogP contribution in [-0.2, 0) is 29.1 Å². The fraction of sp³-hybridized carbons (Fsp3) is 0.727. The molecule has 0 saturated carbocycles. The van der Waals surface area contributed by atoms with Crippen LogP contribution in [0.15, 0.2) is 24.3 Å². The van der Waals surface area contributed by atoms with Gasteiger partial charge in [-0.2, -0.15) is 0 Å². The first kappa shape index (κ1) is 30.8. The normalized spacial score (nSPS) is 10.4. The van der Waals surface area contributed by atoms with E-state index in [0.717, 1.165) is 64.2 Å². The molecule has 27 heavy (non-hydrogen) atoms. The van der Waals surface area contributed by atoms with Crippen LogP contribution in [0.1, 0.15) is 104 Å². The third-order valence-electron chi connectivity index (χ3n) is 3.77. The Hall–Kier alpha value is -0.957. The molecule has 0 saturated heterocycles. The van der Waals surface area contributed by atoms with Gasteiger partial charge in [0.15, 0.2) is 0 Å². The van der Waals surface area contributed by atoms with Crippen molar-refractivity contribution >= 4 is 11.9 Å². The summed E-state index contributed by atoms with van der Waals surface area (Å²) in [6, 6.07) is 0. The number of hydrogen-bond donors (Lipinski definition) is 2. The zero-order chi connectivity index (χ0) is 19.9. The van der Waals surface area contributed by atoms with E-state index in [1.54, 1.807) is 0 Å². The van der Waals surface area contributed by atoms with Crippen LogP contribution in [0.2, 0.25) is 0 Å². The minimum absolute atomic E-state index is 0. The molecule has 0 rings (SSSR count). The van der Waals surface area contributed by atoms with Crippen LogP contribution >= 0.6 is 0 Å². The summed E-state index contributed by atoms with van der Waals surface area (Å²) in [6.07, 6.45) is 22.3. The Bertz CT molecular complexity index is 343. The molecule has 5 heteroatoms. The number of hydrogen-bond acceptors (Lipinski definition) is 2. The van der Waals surface area contributed by atoms with Gasteiger partial charge < -0.3 is 10.2 Å². The van der Waals surface area contributed by atoms with Crippen LogP contribution in [0.25, 0.3) is 0 Å². The average Bonchev–Trinajstić information content (AvgIpc) is 2.60. The molecular weight excluding hydrogens is 394 g/mol. The molecule has 154 valence electrons. The molecule has 0 fully saturated rings. The van der Waals surface area contributed by atoms with E-state index in [1.807, 2.05) is 0 Å². The molecule has 0 aromatic rings. The second-order valence-electron chi connectivity index (χ2n) is 6.51. The van der Waals surface area contributed by atoms with E-state index >= 15 is 0 Å². The van der Waals surface area contributed by atoms with Gasteiger partial charge in [-0.25, -0.2) is 0 Å². The van der Waals surface area contributed by atoms with E-state index in [1.165, 1.54) is 12.8 Å². The minimum atomic E-state index is -0.679. The van der Waals surface area contributed by atoms with Gasteiger partial charge in [-0.05, 0) is 51.4 Å². The van der Waals surface area contributed by atoms with Gasteiger partial charge in [0, 0.05) is 32.3 Å². The molecule has 0 heterocycles. The summed E-state index contributed by atoms with van der Waals surface area (Å²) in [4.78, 5) is 20.3. The predicted octanol–water partition coefficient (Wildman–Crippen LogP) is 6.75. The van der Waals surface area contributed by atoms with Gasteiger partial charge >= 0.3 is 11.9 Å². The molecule has 0 aliphatic carbocycles. The van der Waals surface area contributed by atoms with Crippen LogP contribution < -0.4 is 0 Å². The molecular formula is C22H40O4Zn. The molecule has 0 unspecified atom stereocenters. The molecule has 0 amide bonds. The van der Waals surface area contributed by atoms with Gasteiger partial charge in [-0.3, -0.25) is 9.59 Å². The van der Waals surface area contributed by atoms with Crippen LogP contribution in [0.3, 0.4) is 0 Å². The number of allylic oxidation sites excluding steroid dienone is 4. The van der Waals surface area contributed by atoms with Crippen LogP contribution in [0.4, 0.5) is 0 Å². The first-order chi connectivity index (χ1) is 12.5. The van der Waals surface area contributed by atoms with E-state index < -0.39 is 11.9 Å². The smallest absolute Gasteiger partial charge is 0.303 e. The Balaban J connectivity index is -0.000000411. The van der Waals surface area contributed by atoms with Gasteiger partial charge in [0.25, 0.3) is 0 Å². The first-order valence-corrected chi connectivity index (χ1v) is 10.3. The number of carbonyl (C=O) groups is 2. The summed E-state index contributed by atoms with van der Waals surface area (Å²) >= 11 is 0. The van der Waals surface area contributed by atoms with Crippen molar-refractivity contribution in [2.24, 2.45) is 0 Å². The summed E-state index contributed by atoms with van der Waals surface area (Å²) in [5, 5.41) is 16.7. The number of carboxylic acid groups (broad SMARTS) is 2. The second-order valence-corrected chi connectivity index (χ2v) is 6.51. The van der Waals surface area contributed by atoms with Crippen LogP contribution in [-0.4, -0.2) is 22.2 Å². The third kappa shape index (κ3) is 36.7. The quantitative estimate of drug-likeness (QED) is 0.160. The number of aliphatic carboxylic acids is 2. The summed E-state index contributed by atoms with van der Waals surface area (Å²) in [5.41, 5.74) is 0. The van der Waals surface area contributed by atoms with Gasteiger partial charge in [0.05, 0.1) is 0 Å². The maximum atomic E-state index is 10.2.